The van der Waals surface area contributed by atoms with Crippen molar-refractivity contribution in [2.75, 3.05) is 26.3 Å². The fourth-order valence-corrected chi connectivity index (χ4v) is 4.54. The summed E-state index contributed by atoms with van der Waals surface area (Å²) in [5.41, 5.74) is 4.38. The number of hydrogen-bond acceptors (Lipinski definition) is 5. The van der Waals surface area contributed by atoms with Gasteiger partial charge in [-0.05, 0) is 48.6 Å². The molecule has 0 saturated carbocycles. The molecule has 7 heteroatoms. The summed E-state index contributed by atoms with van der Waals surface area (Å²) >= 11 is 1.73. The first-order chi connectivity index (χ1) is 12.8. The van der Waals surface area contributed by atoms with Crippen LogP contribution in [0, 0.1) is 0 Å². The lowest BCUT2D eigenvalue weighted by Crippen LogP contribution is -2.41. The van der Waals surface area contributed by atoms with Crippen molar-refractivity contribution >= 4 is 17.2 Å². The van der Waals surface area contributed by atoms with E-state index in [1.807, 2.05) is 9.58 Å². The van der Waals surface area contributed by atoms with Gasteiger partial charge in [-0.2, -0.15) is 16.4 Å². The van der Waals surface area contributed by atoms with E-state index in [0.717, 1.165) is 37.9 Å². The maximum atomic E-state index is 13.0. The highest BCUT2D eigenvalue weighted by Crippen LogP contribution is 2.26. The summed E-state index contributed by atoms with van der Waals surface area (Å²) in [4.78, 5) is 14.9. The van der Waals surface area contributed by atoms with E-state index in [1.54, 1.807) is 11.3 Å². The van der Waals surface area contributed by atoms with Crippen molar-refractivity contribution in [2.24, 2.45) is 0 Å². The van der Waals surface area contributed by atoms with Crippen LogP contribution in [0.4, 0.5) is 0 Å². The van der Waals surface area contributed by atoms with Gasteiger partial charge in [-0.15, -0.1) is 0 Å². The standard InChI is InChI=1S/C19H26N4O2S/c1-2-23-17-4-3-15(20-12-14-5-10-26-13-14)11-16(17)18(21-23)19(24)22-6-8-25-9-7-22/h5,10,13,15,20H,2-4,6-9,11-12H2,1H3. The zero-order valence-electron chi connectivity index (χ0n) is 15.2. The van der Waals surface area contributed by atoms with Crippen LogP contribution in [0.5, 0.6) is 0 Å². The third kappa shape index (κ3) is 3.56. The number of rotatable bonds is 5. The van der Waals surface area contributed by atoms with Gasteiger partial charge in [0.25, 0.3) is 5.91 Å². The normalized spacial score (nSPS) is 20.2. The van der Waals surface area contributed by atoms with E-state index in [-0.39, 0.29) is 5.91 Å². The fraction of sp³-hybridized carbons (Fsp3) is 0.579. The van der Waals surface area contributed by atoms with Gasteiger partial charge in [0.15, 0.2) is 5.69 Å². The Kier molecular flexibility index (Phi) is 5.38. The van der Waals surface area contributed by atoms with Crippen molar-refractivity contribution < 1.29 is 9.53 Å². The van der Waals surface area contributed by atoms with Crippen LogP contribution in [0.3, 0.4) is 0 Å². The predicted octanol–water partition coefficient (Wildman–Crippen LogP) is 2.08. The molecule has 2 aliphatic rings. The molecule has 1 saturated heterocycles. The zero-order valence-corrected chi connectivity index (χ0v) is 16.1. The van der Waals surface area contributed by atoms with E-state index >= 15 is 0 Å². The summed E-state index contributed by atoms with van der Waals surface area (Å²) < 4.78 is 7.41. The molecule has 6 nitrogen and oxygen atoms in total. The molecule has 1 N–H and O–H groups in total. The Labute approximate surface area is 158 Å². The van der Waals surface area contributed by atoms with Crippen molar-refractivity contribution in [3.8, 4) is 0 Å². The molecule has 3 heterocycles. The number of ether oxygens (including phenoxy) is 1. The first kappa shape index (κ1) is 17.7. The molecule has 2 aromatic rings. The van der Waals surface area contributed by atoms with Crippen LogP contribution in [0.15, 0.2) is 16.8 Å². The van der Waals surface area contributed by atoms with Gasteiger partial charge in [0.2, 0.25) is 0 Å². The largest absolute Gasteiger partial charge is 0.378 e. The van der Waals surface area contributed by atoms with E-state index in [2.05, 4.69) is 34.2 Å². The summed E-state index contributed by atoms with van der Waals surface area (Å²) in [5.74, 6) is 0.0650. The van der Waals surface area contributed by atoms with Crippen molar-refractivity contribution in [3.05, 3.63) is 39.3 Å². The number of aryl methyl sites for hydroxylation is 1. The number of carbonyl (C=O) groups excluding carboxylic acids is 1. The van der Waals surface area contributed by atoms with Gasteiger partial charge in [0.05, 0.1) is 13.2 Å². The second-order valence-corrected chi connectivity index (χ2v) is 7.73. The SMILES string of the molecule is CCn1nc(C(=O)N2CCOCC2)c2c1CCC(NCc1ccsc1)C2. The minimum absolute atomic E-state index is 0.0650. The van der Waals surface area contributed by atoms with Crippen molar-refractivity contribution in [1.82, 2.24) is 20.0 Å². The number of nitrogens with one attached hydrogen (secondary N) is 1. The Morgan fingerprint density at radius 1 is 1.42 bits per heavy atom. The van der Waals surface area contributed by atoms with Gasteiger partial charge in [-0.3, -0.25) is 9.48 Å². The number of fused-ring (bicyclic) bond motifs is 1. The molecule has 1 aliphatic heterocycles. The van der Waals surface area contributed by atoms with E-state index in [4.69, 9.17) is 4.74 Å². The van der Waals surface area contributed by atoms with Crippen LogP contribution in [0.25, 0.3) is 0 Å². The molecule has 0 radical (unpaired) electrons. The topological polar surface area (TPSA) is 59.4 Å². The maximum absolute atomic E-state index is 13.0. The Bertz CT molecular complexity index is 750. The van der Waals surface area contributed by atoms with Gasteiger partial charge in [-0.25, -0.2) is 0 Å². The number of nitrogens with zero attached hydrogens (tertiary/aromatic N) is 3. The summed E-state index contributed by atoms with van der Waals surface area (Å²) in [6, 6.07) is 2.56. The van der Waals surface area contributed by atoms with Gasteiger partial charge in [0.1, 0.15) is 0 Å². The molecule has 140 valence electrons. The van der Waals surface area contributed by atoms with Crippen molar-refractivity contribution in [1.29, 1.82) is 0 Å². The van der Waals surface area contributed by atoms with Gasteiger partial charge in [-0.1, -0.05) is 0 Å². The van der Waals surface area contributed by atoms with Crippen LogP contribution in [-0.2, 0) is 30.7 Å². The summed E-state index contributed by atoms with van der Waals surface area (Å²) in [6.45, 7) is 6.35. The molecule has 0 spiro atoms. The number of morpholine rings is 1. The molecular formula is C19H26N4O2S. The van der Waals surface area contributed by atoms with Crippen LogP contribution in [0.2, 0.25) is 0 Å². The minimum atomic E-state index is 0.0650. The third-order valence-corrected chi connectivity index (χ3v) is 6.05. The molecule has 2 aromatic heterocycles. The highest BCUT2D eigenvalue weighted by Gasteiger charge is 2.31. The minimum Gasteiger partial charge on any atom is -0.378 e. The molecule has 1 aliphatic carbocycles. The number of thiophene rings is 1. The Morgan fingerprint density at radius 2 is 2.27 bits per heavy atom. The first-order valence-corrected chi connectivity index (χ1v) is 10.4. The van der Waals surface area contributed by atoms with Gasteiger partial charge in [0, 0.05) is 43.5 Å². The van der Waals surface area contributed by atoms with Gasteiger partial charge < -0.3 is 15.0 Å². The second-order valence-electron chi connectivity index (χ2n) is 6.95. The lowest BCUT2D eigenvalue weighted by atomic mass is 9.91. The molecule has 0 aromatic carbocycles. The first-order valence-electron chi connectivity index (χ1n) is 9.46. The quantitative estimate of drug-likeness (QED) is 0.871. The monoisotopic (exact) mass is 374 g/mol. The van der Waals surface area contributed by atoms with E-state index in [1.165, 1.54) is 11.3 Å². The van der Waals surface area contributed by atoms with Crippen LogP contribution < -0.4 is 5.32 Å². The molecule has 0 bridgehead atoms. The van der Waals surface area contributed by atoms with Crippen LogP contribution in [0.1, 0.15) is 40.7 Å². The number of hydrogen-bond donors (Lipinski definition) is 1. The molecule has 1 unspecified atom stereocenters. The average molecular weight is 375 g/mol. The molecule has 4 rings (SSSR count). The predicted molar refractivity (Wildman–Crippen MR) is 102 cm³/mol. The maximum Gasteiger partial charge on any atom is 0.274 e. The lowest BCUT2D eigenvalue weighted by molar-refractivity contribution is 0.0297. The Balaban J connectivity index is 1.51. The Hall–Kier alpha value is -1.70. The number of carbonyl (C=O) groups is 1. The summed E-state index contributed by atoms with van der Waals surface area (Å²) in [5, 5.41) is 12.6. The number of amides is 1. The molecule has 1 amide bonds. The molecule has 1 fully saturated rings. The lowest BCUT2D eigenvalue weighted by Gasteiger charge is -2.27. The Morgan fingerprint density at radius 3 is 3.00 bits per heavy atom. The summed E-state index contributed by atoms with van der Waals surface area (Å²) in [6.07, 6.45) is 2.95. The fourth-order valence-electron chi connectivity index (χ4n) is 3.87. The zero-order chi connectivity index (χ0) is 17.9. The average Bonchev–Trinajstić information content (AvgIpc) is 3.34. The van der Waals surface area contributed by atoms with E-state index in [9.17, 15) is 4.79 Å². The highest BCUT2D eigenvalue weighted by molar-refractivity contribution is 7.07. The van der Waals surface area contributed by atoms with E-state index < -0.39 is 0 Å². The van der Waals surface area contributed by atoms with Crippen molar-refractivity contribution in [2.45, 2.75) is 45.3 Å². The highest BCUT2D eigenvalue weighted by atomic mass is 32.1. The third-order valence-electron chi connectivity index (χ3n) is 5.32. The van der Waals surface area contributed by atoms with Crippen LogP contribution >= 0.6 is 11.3 Å². The second kappa shape index (κ2) is 7.90. The van der Waals surface area contributed by atoms with Gasteiger partial charge >= 0.3 is 0 Å². The van der Waals surface area contributed by atoms with E-state index in [0.29, 0.717) is 38.0 Å². The number of aromatic nitrogens is 2. The van der Waals surface area contributed by atoms with Crippen molar-refractivity contribution in [3.63, 3.8) is 0 Å². The molecule has 1 atom stereocenters. The smallest absolute Gasteiger partial charge is 0.274 e. The molecular weight excluding hydrogens is 348 g/mol. The summed E-state index contributed by atoms with van der Waals surface area (Å²) in [7, 11) is 0. The van der Waals surface area contributed by atoms with Crippen LogP contribution in [-0.4, -0.2) is 52.9 Å². The molecule has 26 heavy (non-hydrogen) atoms.